The van der Waals surface area contributed by atoms with Crippen LogP contribution in [0.2, 0.25) is 0 Å². The number of nitrogens with one attached hydrogen (secondary N) is 1. The summed E-state index contributed by atoms with van der Waals surface area (Å²) in [6.07, 6.45) is 3.10. The molecular weight excluding hydrogens is 367 g/mol. The van der Waals surface area contributed by atoms with Crippen molar-refractivity contribution in [3.05, 3.63) is 27.3 Å². The third kappa shape index (κ3) is 4.09. The van der Waals surface area contributed by atoms with E-state index in [1.807, 2.05) is 18.2 Å². The number of anilines is 1. The van der Waals surface area contributed by atoms with Gasteiger partial charge in [-0.3, -0.25) is 4.79 Å². The molecule has 0 bridgehead atoms. The minimum atomic E-state index is -0.528. The molecule has 0 radical (unpaired) electrons. The number of halogens is 1. The van der Waals surface area contributed by atoms with Crippen LogP contribution in [0.1, 0.15) is 36.5 Å². The lowest BCUT2D eigenvalue weighted by Gasteiger charge is -2.30. The third-order valence-corrected chi connectivity index (χ3v) is 4.13. The molecule has 0 aromatic heterocycles. The van der Waals surface area contributed by atoms with Gasteiger partial charge in [-0.1, -0.05) is 0 Å². The van der Waals surface area contributed by atoms with Crippen molar-refractivity contribution in [2.45, 2.75) is 32.3 Å². The van der Waals surface area contributed by atoms with Crippen molar-refractivity contribution in [2.24, 2.45) is 0 Å². The van der Waals surface area contributed by atoms with Gasteiger partial charge in [-0.2, -0.15) is 0 Å². The van der Waals surface area contributed by atoms with Gasteiger partial charge in [-0.15, -0.1) is 0 Å². The van der Waals surface area contributed by atoms with Crippen molar-refractivity contribution in [2.75, 3.05) is 24.5 Å². The third-order valence-electron chi connectivity index (χ3n) is 3.46. The van der Waals surface area contributed by atoms with Gasteiger partial charge in [0.1, 0.15) is 0 Å². The number of hydrogen-bond donors (Lipinski definition) is 2. The first kappa shape index (κ1) is 15.6. The van der Waals surface area contributed by atoms with Crippen molar-refractivity contribution >= 4 is 34.2 Å². The number of hydrogen-bond acceptors (Lipinski definition) is 3. The van der Waals surface area contributed by atoms with Gasteiger partial charge in [0.05, 0.1) is 11.7 Å². The van der Waals surface area contributed by atoms with Crippen LogP contribution in [0.3, 0.4) is 0 Å². The van der Waals surface area contributed by atoms with E-state index in [0.29, 0.717) is 5.56 Å². The predicted molar refractivity (Wildman–Crippen MR) is 89.2 cm³/mol. The molecule has 2 N–H and O–H groups in total. The Morgan fingerprint density at radius 3 is 2.75 bits per heavy atom. The van der Waals surface area contributed by atoms with Gasteiger partial charge in [0.15, 0.2) is 0 Å². The smallest absolute Gasteiger partial charge is 0.253 e. The molecule has 1 fully saturated rings. The van der Waals surface area contributed by atoms with Crippen LogP contribution in [0.4, 0.5) is 5.69 Å². The maximum absolute atomic E-state index is 12.3. The Labute approximate surface area is 133 Å². The zero-order valence-electron chi connectivity index (χ0n) is 11.7. The van der Waals surface area contributed by atoms with Gasteiger partial charge >= 0.3 is 0 Å². The molecule has 4 nitrogen and oxygen atoms in total. The largest absolute Gasteiger partial charge is 0.392 e. The lowest BCUT2D eigenvalue weighted by atomic mass is 10.1. The highest BCUT2D eigenvalue weighted by Gasteiger charge is 2.19. The van der Waals surface area contributed by atoms with Crippen molar-refractivity contribution in [3.63, 3.8) is 0 Å². The number of aliphatic hydroxyl groups is 1. The fourth-order valence-corrected chi connectivity index (χ4v) is 2.93. The Morgan fingerprint density at radius 1 is 1.40 bits per heavy atom. The van der Waals surface area contributed by atoms with Gasteiger partial charge < -0.3 is 15.3 Å². The number of piperidine rings is 1. The maximum atomic E-state index is 12.3. The number of carbonyl (C=O) groups is 1. The van der Waals surface area contributed by atoms with E-state index in [1.165, 1.54) is 19.3 Å². The fourth-order valence-electron chi connectivity index (χ4n) is 2.44. The molecule has 2 rings (SSSR count). The van der Waals surface area contributed by atoms with E-state index in [4.69, 9.17) is 0 Å². The summed E-state index contributed by atoms with van der Waals surface area (Å²) in [4.78, 5) is 14.6. The molecule has 0 aliphatic carbocycles. The second-order valence-corrected chi connectivity index (χ2v) is 6.51. The minimum absolute atomic E-state index is 0.106. The molecule has 1 saturated heterocycles. The monoisotopic (exact) mass is 388 g/mol. The van der Waals surface area contributed by atoms with Crippen LogP contribution in [0.15, 0.2) is 18.2 Å². The number of benzene rings is 1. The lowest BCUT2D eigenvalue weighted by molar-refractivity contribution is 0.0924. The van der Waals surface area contributed by atoms with Crippen molar-refractivity contribution in [3.8, 4) is 0 Å². The molecule has 0 spiro atoms. The summed E-state index contributed by atoms with van der Waals surface area (Å²) in [6.45, 7) is 3.97. The molecule has 1 aromatic rings. The zero-order chi connectivity index (χ0) is 14.5. The summed E-state index contributed by atoms with van der Waals surface area (Å²) < 4.78 is 1.05. The number of nitrogens with zero attached hydrogens (tertiary/aromatic N) is 1. The van der Waals surface area contributed by atoms with Crippen LogP contribution in [-0.2, 0) is 0 Å². The molecule has 5 heteroatoms. The van der Waals surface area contributed by atoms with Gasteiger partial charge in [0.25, 0.3) is 5.91 Å². The average molecular weight is 388 g/mol. The van der Waals surface area contributed by atoms with E-state index in [1.54, 1.807) is 6.92 Å². The molecular formula is C15H21IN2O2. The average Bonchev–Trinajstić information content (AvgIpc) is 2.45. The maximum Gasteiger partial charge on any atom is 0.253 e. The summed E-state index contributed by atoms with van der Waals surface area (Å²) in [5.41, 5.74) is 1.72. The van der Waals surface area contributed by atoms with Crippen LogP contribution in [0.5, 0.6) is 0 Å². The molecule has 1 aliphatic rings. The highest BCUT2D eigenvalue weighted by molar-refractivity contribution is 14.1. The molecule has 1 atom stereocenters. The van der Waals surface area contributed by atoms with Crippen LogP contribution >= 0.6 is 22.6 Å². The van der Waals surface area contributed by atoms with Crippen molar-refractivity contribution in [1.29, 1.82) is 0 Å². The molecule has 1 aromatic carbocycles. The first-order chi connectivity index (χ1) is 9.58. The lowest BCUT2D eigenvalue weighted by Crippen LogP contribution is -2.34. The van der Waals surface area contributed by atoms with Gasteiger partial charge in [0, 0.05) is 28.9 Å². The SMILES string of the molecule is CC(O)CNC(=O)c1cc(I)ccc1N1CCCCC1. The molecule has 0 saturated carbocycles. The van der Waals surface area contributed by atoms with E-state index in [2.05, 4.69) is 32.8 Å². The number of amides is 1. The number of carbonyl (C=O) groups excluding carboxylic acids is 1. The van der Waals surface area contributed by atoms with Crippen LogP contribution in [0, 0.1) is 3.57 Å². The quantitative estimate of drug-likeness (QED) is 0.779. The van der Waals surface area contributed by atoms with Crippen LogP contribution < -0.4 is 10.2 Å². The normalized spacial score (nSPS) is 16.9. The number of aliphatic hydroxyl groups excluding tert-OH is 1. The predicted octanol–water partition coefficient (Wildman–Crippen LogP) is 2.39. The van der Waals surface area contributed by atoms with Crippen molar-refractivity contribution in [1.82, 2.24) is 5.32 Å². The van der Waals surface area contributed by atoms with E-state index in [-0.39, 0.29) is 12.5 Å². The zero-order valence-corrected chi connectivity index (χ0v) is 13.9. The summed E-state index contributed by atoms with van der Waals surface area (Å²) >= 11 is 2.22. The highest BCUT2D eigenvalue weighted by Crippen LogP contribution is 2.26. The van der Waals surface area contributed by atoms with Crippen molar-refractivity contribution < 1.29 is 9.90 Å². The Balaban J connectivity index is 2.20. The minimum Gasteiger partial charge on any atom is -0.392 e. The highest BCUT2D eigenvalue weighted by atomic mass is 127. The van der Waals surface area contributed by atoms with Gasteiger partial charge in [0.2, 0.25) is 0 Å². The summed E-state index contributed by atoms with van der Waals surface area (Å²) in [7, 11) is 0. The van der Waals surface area contributed by atoms with Crippen LogP contribution in [0.25, 0.3) is 0 Å². The Morgan fingerprint density at radius 2 is 2.10 bits per heavy atom. The van der Waals surface area contributed by atoms with E-state index >= 15 is 0 Å². The Kier molecular flexibility index (Phi) is 5.65. The summed E-state index contributed by atoms with van der Waals surface area (Å²) in [6, 6.07) is 5.99. The standard InChI is InChI=1S/C15H21IN2O2/c1-11(19)10-17-15(20)13-9-12(16)5-6-14(13)18-7-3-2-4-8-18/h5-6,9,11,19H,2-4,7-8,10H2,1H3,(H,17,20). The van der Waals surface area contributed by atoms with Gasteiger partial charge in [-0.25, -0.2) is 0 Å². The van der Waals surface area contributed by atoms with Crippen LogP contribution in [-0.4, -0.2) is 36.8 Å². The van der Waals surface area contributed by atoms with E-state index < -0.39 is 6.10 Å². The topological polar surface area (TPSA) is 52.6 Å². The molecule has 110 valence electrons. The van der Waals surface area contributed by atoms with E-state index in [0.717, 1.165) is 22.3 Å². The molecule has 20 heavy (non-hydrogen) atoms. The van der Waals surface area contributed by atoms with Gasteiger partial charge in [-0.05, 0) is 67.0 Å². The molecule has 1 aliphatic heterocycles. The Bertz CT molecular complexity index is 471. The first-order valence-electron chi connectivity index (χ1n) is 7.08. The molecule has 1 amide bonds. The van der Waals surface area contributed by atoms with E-state index in [9.17, 15) is 9.90 Å². The number of rotatable bonds is 4. The Hall–Kier alpha value is -0.820. The molecule has 1 heterocycles. The fraction of sp³-hybridized carbons (Fsp3) is 0.533. The second kappa shape index (κ2) is 7.26. The summed E-state index contributed by atoms with van der Waals surface area (Å²) in [5, 5.41) is 12.1. The first-order valence-corrected chi connectivity index (χ1v) is 8.16. The second-order valence-electron chi connectivity index (χ2n) is 5.27. The molecule has 1 unspecified atom stereocenters. The summed E-state index contributed by atoms with van der Waals surface area (Å²) in [5.74, 6) is -0.106.